The summed E-state index contributed by atoms with van der Waals surface area (Å²) in [5, 5.41) is 12.9. The van der Waals surface area contributed by atoms with Gasteiger partial charge >= 0.3 is 0 Å². The lowest BCUT2D eigenvalue weighted by molar-refractivity contribution is -0.113. The van der Waals surface area contributed by atoms with Crippen LogP contribution in [0.25, 0.3) is 0 Å². The highest BCUT2D eigenvalue weighted by Crippen LogP contribution is 2.33. The molecule has 106 valence electrons. The van der Waals surface area contributed by atoms with Crippen LogP contribution in [0.4, 0.5) is 5.69 Å². The van der Waals surface area contributed by atoms with Gasteiger partial charge in [-0.05, 0) is 25.5 Å². The summed E-state index contributed by atoms with van der Waals surface area (Å²) in [6, 6.07) is 3.49. The number of thioether (sulfide) groups is 1. The lowest BCUT2D eigenvalue weighted by Gasteiger charge is -2.15. The van der Waals surface area contributed by atoms with Crippen molar-refractivity contribution >= 4 is 46.6 Å². The summed E-state index contributed by atoms with van der Waals surface area (Å²) in [6.45, 7) is 5.41. The predicted octanol–water partition coefficient (Wildman–Crippen LogP) is 3.74. The van der Waals surface area contributed by atoms with Crippen molar-refractivity contribution in [1.82, 2.24) is 0 Å². The van der Waals surface area contributed by atoms with Crippen LogP contribution < -0.4 is 5.32 Å². The fourth-order valence-corrected chi connectivity index (χ4v) is 2.52. The summed E-state index contributed by atoms with van der Waals surface area (Å²) < 4.78 is 0. The lowest BCUT2D eigenvalue weighted by atomic mass is 10.2. The smallest absolute Gasteiger partial charge is 0.234 e. The maximum Gasteiger partial charge on any atom is 0.234 e. The number of aryl methyl sites for hydroxylation is 1. The quantitative estimate of drug-likeness (QED) is 0.868. The van der Waals surface area contributed by atoms with E-state index in [-0.39, 0.29) is 16.9 Å². The molecule has 1 rings (SSSR count). The molecular formula is C13H17Cl2NO2S. The van der Waals surface area contributed by atoms with Gasteiger partial charge in [-0.15, -0.1) is 11.8 Å². The molecule has 0 aromatic heterocycles. The van der Waals surface area contributed by atoms with Gasteiger partial charge in [0.05, 0.1) is 27.6 Å². The van der Waals surface area contributed by atoms with Crippen LogP contribution in [0.15, 0.2) is 12.1 Å². The van der Waals surface area contributed by atoms with Gasteiger partial charge in [-0.3, -0.25) is 4.79 Å². The zero-order valence-corrected chi connectivity index (χ0v) is 13.4. The zero-order valence-electron chi connectivity index (χ0n) is 11.0. The Balaban J connectivity index is 2.65. The normalized spacial score (nSPS) is 14.0. The van der Waals surface area contributed by atoms with Crippen molar-refractivity contribution in [3.05, 3.63) is 27.7 Å². The van der Waals surface area contributed by atoms with Crippen molar-refractivity contribution < 1.29 is 9.90 Å². The largest absolute Gasteiger partial charge is 0.392 e. The molecule has 1 aromatic carbocycles. The minimum absolute atomic E-state index is 0.00537. The Hall–Kier alpha value is -0.420. The lowest BCUT2D eigenvalue weighted by Crippen LogP contribution is -2.21. The van der Waals surface area contributed by atoms with E-state index in [1.807, 2.05) is 13.8 Å². The number of anilines is 1. The van der Waals surface area contributed by atoms with E-state index in [1.54, 1.807) is 19.1 Å². The van der Waals surface area contributed by atoms with Crippen molar-refractivity contribution in [2.45, 2.75) is 32.1 Å². The summed E-state index contributed by atoms with van der Waals surface area (Å²) in [5.74, 6) is 0.0547. The molecular weight excluding hydrogens is 305 g/mol. The number of amides is 1. The maximum atomic E-state index is 11.8. The molecule has 0 bridgehead atoms. The number of carbonyl (C=O) groups is 1. The molecule has 19 heavy (non-hydrogen) atoms. The van der Waals surface area contributed by atoms with Crippen molar-refractivity contribution in [1.29, 1.82) is 0 Å². The molecule has 6 heteroatoms. The van der Waals surface area contributed by atoms with Crippen LogP contribution in [0.1, 0.15) is 19.4 Å². The molecule has 0 aliphatic carbocycles. The topological polar surface area (TPSA) is 49.3 Å². The first-order valence-corrected chi connectivity index (χ1v) is 7.67. The first-order chi connectivity index (χ1) is 8.82. The second kappa shape index (κ2) is 7.39. The Morgan fingerprint density at radius 1 is 1.42 bits per heavy atom. The van der Waals surface area contributed by atoms with Gasteiger partial charge in [-0.1, -0.05) is 36.2 Å². The van der Waals surface area contributed by atoms with E-state index in [9.17, 15) is 9.90 Å². The SMILES string of the molecule is Cc1ccc(Cl)c(NC(=O)CSC(C)C(C)O)c1Cl. The molecule has 0 heterocycles. The average molecular weight is 322 g/mol. The van der Waals surface area contributed by atoms with Gasteiger partial charge in [-0.2, -0.15) is 0 Å². The van der Waals surface area contributed by atoms with E-state index in [0.717, 1.165) is 5.56 Å². The third kappa shape index (κ3) is 4.88. The minimum atomic E-state index is -0.455. The van der Waals surface area contributed by atoms with E-state index < -0.39 is 6.10 Å². The number of benzene rings is 1. The number of carbonyl (C=O) groups excluding carboxylic acids is 1. The third-order valence-electron chi connectivity index (χ3n) is 2.71. The molecule has 2 N–H and O–H groups in total. The van der Waals surface area contributed by atoms with E-state index in [0.29, 0.717) is 15.7 Å². The van der Waals surface area contributed by atoms with E-state index in [1.165, 1.54) is 11.8 Å². The first kappa shape index (κ1) is 16.6. The number of nitrogens with one attached hydrogen (secondary N) is 1. The predicted molar refractivity (Wildman–Crippen MR) is 83.4 cm³/mol. The van der Waals surface area contributed by atoms with Crippen LogP contribution in [-0.2, 0) is 4.79 Å². The minimum Gasteiger partial charge on any atom is -0.392 e. The third-order valence-corrected chi connectivity index (χ3v) is 4.86. The standard InChI is InChI=1S/C13H17Cl2NO2S/c1-7-4-5-10(14)13(12(7)15)16-11(18)6-19-9(3)8(2)17/h4-5,8-9,17H,6H2,1-3H3,(H,16,18). The van der Waals surface area contributed by atoms with Crippen molar-refractivity contribution in [2.24, 2.45) is 0 Å². The van der Waals surface area contributed by atoms with Gasteiger partial charge in [0.2, 0.25) is 5.91 Å². The number of aliphatic hydroxyl groups excluding tert-OH is 1. The molecule has 0 radical (unpaired) electrons. The molecule has 0 aliphatic heterocycles. The summed E-state index contributed by atoms with van der Waals surface area (Å²) in [4.78, 5) is 11.8. The van der Waals surface area contributed by atoms with Gasteiger partial charge in [0.1, 0.15) is 0 Å². The Morgan fingerprint density at radius 3 is 2.63 bits per heavy atom. The van der Waals surface area contributed by atoms with Gasteiger partial charge in [-0.25, -0.2) is 0 Å². The summed E-state index contributed by atoms with van der Waals surface area (Å²) in [7, 11) is 0. The van der Waals surface area contributed by atoms with Crippen LogP contribution in [0.5, 0.6) is 0 Å². The van der Waals surface area contributed by atoms with E-state index >= 15 is 0 Å². The maximum absolute atomic E-state index is 11.8. The van der Waals surface area contributed by atoms with Crippen LogP contribution in [0.3, 0.4) is 0 Å². The fourth-order valence-electron chi connectivity index (χ4n) is 1.29. The molecule has 1 amide bonds. The molecule has 0 fully saturated rings. The van der Waals surface area contributed by atoms with Gasteiger partial charge in [0.25, 0.3) is 0 Å². The highest BCUT2D eigenvalue weighted by Gasteiger charge is 2.14. The monoisotopic (exact) mass is 321 g/mol. The molecule has 2 atom stereocenters. The molecule has 2 unspecified atom stereocenters. The van der Waals surface area contributed by atoms with Gasteiger partial charge in [0, 0.05) is 5.25 Å². The Bertz CT molecular complexity index is 466. The van der Waals surface area contributed by atoms with Crippen LogP contribution in [0.2, 0.25) is 10.0 Å². The second-order valence-electron chi connectivity index (χ2n) is 4.36. The van der Waals surface area contributed by atoms with Crippen LogP contribution in [0, 0.1) is 6.92 Å². The molecule has 1 aromatic rings. The van der Waals surface area contributed by atoms with Gasteiger partial charge in [0.15, 0.2) is 0 Å². The molecule has 0 aliphatic rings. The average Bonchev–Trinajstić information content (AvgIpc) is 2.36. The highest BCUT2D eigenvalue weighted by molar-refractivity contribution is 8.00. The zero-order chi connectivity index (χ0) is 14.6. The van der Waals surface area contributed by atoms with Crippen molar-refractivity contribution in [2.75, 3.05) is 11.1 Å². The number of hydrogen-bond acceptors (Lipinski definition) is 3. The number of hydrogen-bond donors (Lipinski definition) is 2. The van der Waals surface area contributed by atoms with Crippen molar-refractivity contribution in [3.8, 4) is 0 Å². The van der Waals surface area contributed by atoms with Crippen LogP contribution in [-0.4, -0.2) is 28.1 Å². The summed E-state index contributed by atoms with van der Waals surface area (Å²) >= 11 is 13.5. The Morgan fingerprint density at radius 2 is 2.05 bits per heavy atom. The fraction of sp³-hybridized carbons (Fsp3) is 0.462. The number of halogens is 2. The van der Waals surface area contributed by atoms with Crippen molar-refractivity contribution in [3.63, 3.8) is 0 Å². The first-order valence-electron chi connectivity index (χ1n) is 5.87. The Kier molecular flexibility index (Phi) is 6.47. The Labute approximate surface area is 127 Å². The molecule has 0 spiro atoms. The molecule has 0 saturated heterocycles. The number of rotatable bonds is 5. The van der Waals surface area contributed by atoms with Crippen LogP contribution >= 0.6 is 35.0 Å². The second-order valence-corrected chi connectivity index (χ2v) is 6.51. The van der Waals surface area contributed by atoms with Gasteiger partial charge < -0.3 is 10.4 Å². The number of aliphatic hydroxyl groups is 1. The van der Waals surface area contributed by atoms with E-state index in [2.05, 4.69) is 5.32 Å². The summed E-state index contributed by atoms with van der Waals surface area (Å²) in [6.07, 6.45) is -0.455. The highest BCUT2D eigenvalue weighted by atomic mass is 35.5. The molecule has 0 saturated carbocycles. The molecule has 3 nitrogen and oxygen atoms in total. The van der Waals surface area contributed by atoms with E-state index in [4.69, 9.17) is 23.2 Å². The summed E-state index contributed by atoms with van der Waals surface area (Å²) in [5.41, 5.74) is 1.30.